The predicted molar refractivity (Wildman–Crippen MR) is 93.6 cm³/mol. The third-order valence-electron chi connectivity index (χ3n) is 3.14. The Labute approximate surface area is 132 Å². The quantitative estimate of drug-likeness (QED) is 0.688. The largest absolute Gasteiger partial charge is 0.354 e. The second-order valence-electron chi connectivity index (χ2n) is 4.81. The van der Waals surface area contributed by atoms with Crippen LogP contribution in [0.15, 0.2) is 0 Å². The number of nitrogens with one attached hydrogen (secondary N) is 2. The summed E-state index contributed by atoms with van der Waals surface area (Å²) < 4.78 is 0. The average molecular weight is 312 g/mol. The molecule has 0 radical (unpaired) electrons. The Kier molecular flexibility index (Phi) is 8.19. The molecule has 1 aromatic rings. The maximum Gasteiger partial charge on any atom is 0.231 e. The van der Waals surface area contributed by atoms with Crippen LogP contribution < -0.4 is 15.5 Å². The van der Waals surface area contributed by atoms with E-state index < -0.39 is 0 Å². The van der Waals surface area contributed by atoms with E-state index in [4.69, 9.17) is 0 Å². The van der Waals surface area contributed by atoms with Crippen molar-refractivity contribution in [3.05, 3.63) is 0 Å². The third kappa shape index (κ3) is 5.95. The van der Waals surface area contributed by atoms with E-state index in [0.717, 1.165) is 37.8 Å². The second kappa shape index (κ2) is 9.65. The highest BCUT2D eigenvalue weighted by Crippen LogP contribution is 2.15. The molecule has 0 aliphatic rings. The van der Waals surface area contributed by atoms with Gasteiger partial charge in [0.2, 0.25) is 17.8 Å². The van der Waals surface area contributed by atoms with Crippen molar-refractivity contribution in [2.45, 2.75) is 40.2 Å². The molecule has 21 heavy (non-hydrogen) atoms. The molecule has 1 unspecified atom stereocenters. The zero-order valence-corrected chi connectivity index (χ0v) is 14.6. The van der Waals surface area contributed by atoms with Gasteiger partial charge in [0, 0.05) is 25.7 Å². The maximum absolute atomic E-state index is 4.55. The Balaban J connectivity index is 2.90. The van der Waals surface area contributed by atoms with Gasteiger partial charge in [0.05, 0.1) is 0 Å². The van der Waals surface area contributed by atoms with Crippen LogP contribution in [0.1, 0.15) is 34.1 Å². The van der Waals surface area contributed by atoms with Crippen molar-refractivity contribution in [2.75, 3.05) is 47.2 Å². The van der Waals surface area contributed by atoms with Crippen molar-refractivity contribution < 1.29 is 0 Å². The first kappa shape index (κ1) is 17.8. The Hall–Kier alpha value is -1.24. The first-order chi connectivity index (χ1) is 10.1. The smallest absolute Gasteiger partial charge is 0.231 e. The van der Waals surface area contributed by atoms with E-state index >= 15 is 0 Å². The number of aromatic nitrogens is 3. The lowest BCUT2D eigenvalue weighted by molar-refractivity contribution is 0.751. The number of anilines is 3. The summed E-state index contributed by atoms with van der Waals surface area (Å²) in [6.07, 6.45) is 3.21. The Morgan fingerprint density at radius 3 is 2.33 bits per heavy atom. The normalized spacial score (nSPS) is 12.0. The zero-order valence-electron chi connectivity index (χ0n) is 13.8. The lowest BCUT2D eigenvalue weighted by atomic mass is 10.3. The monoisotopic (exact) mass is 312 g/mol. The summed E-state index contributed by atoms with van der Waals surface area (Å²) in [7, 11) is 0. The van der Waals surface area contributed by atoms with Crippen LogP contribution in [0.4, 0.5) is 17.8 Å². The molecular formula is C14H28N6S. The fraction of sp³-hybridized carbons (Fsp3) is 0.786. The molecule has 1 rings (SSSR count). The average Bonchev–Trinajstić information content (AvgIpc) is 2.46. The minimum Gasteiger partial charge on any atom is -0.354 e. The summed E-state index contributed by atoms with van der Waals surface area (Å²) in [6, 6.07) is 0.346. The van der Waals surface area contributed by atoms with Gasteiger partial charge in [-0.2, -0.15) is 26.7 Å². The summed E-state index contributed by atoms with van der Waals surface area (Å²) in [6.45, 7) is 11.0. The topological polar surface area (TPSA) is 66.0 Å². The molecule has 0 bridgehead atoms. The van der Waals surface area contributed by atoms with Crippen LogP contribution in [-0.2, 0) is 0 Å². The van der Waals surface area contributed by atoms with Gasteiger partial charge in [0.1, 0.15) is 0 Å². The Bertz CT molecular complexity index is 410. The maximum atomic E-state index is 4.55. The van der Waals surface area contributed by atoms with Gasteiger partial charge < -0.3 is 15.5 Å². The van der Waals surface area contributed by atoms with Crippen molar-refractivity contribution >= 4 is 29.6 Å². The fourth-order valence-corrected chi connectivity index (χ4v) is 2.49. The van der Waals surface area contributed by atoms with Gasteiger partial charge in [-0.05, 0) is 46.1 Å². The molecule has 0 spiro atoms. The van der Waals surface area contributed by atoms with Crippen LogP contribution in [-0.4, -0.2) is 52.6 Å². The molecule has 0 amide bonds. The molecule has 0 saturated carbocycles. The molecular weight excluding hydrogens is 284 g/mol. The van der Waals surface area contributed by atoms with Gasteiger partial charge >= 0.3 is 0 Å². The highest BCUT2D eigenvalue weighted by atomic mass is 32.2. The molecule has 1 atom stereocenters. The summed E-state index contributed by atoms with van der Waals surface area (Å²) in [5.74, 6) is 3.14. The van der Waals surface area contributed by atoms with Crippen molar-refractivity contribution in [3.8, 4) is 0 Å². The third-order valence-corrected chi connectivity index (χ3v) is 3.78. The summed E-state index contributed by atoms with van der Waals surface area (Å²) in [4.78, 5) is 15.6. The second-order valence-corrected chi connectivity index (χ2v) is 5.80. The number of thioether (sulfide) groups is 1. The van der Waals surface area contributed by atoms with Gasteiger partial charge in [-0.25, -0.2) is 0 Å². The summed E-state index contributed by atoms with van der Waals surface area (Å²) in [5, 5.41) is 6.55. The predicted octanol–water partition coefficient (Wildman–Crippen LogP) is 2.70. The number of hydrogen-bond donors (Lipinski definition) is 2. The van der Waals surface area contributed by atoms with Gasteiger partial charge in [0.25, 0.3) is 0 Å². The van der Waals surface area contributed by atoms with Crippen molar-refractivity contribution in [1.82, 2.24) is 15.0 Å². The van der Waals surface area contributed by atoms with E-state index in [1.54, 1.807) is 0 Å². The van der Waals surface area contributed by atoms with Crippen molar-refractivity contribution in [1.29, 1.82) is 0 Å². The molecule has 6 nitrogen and oxygen atoms in total. The lowest BCUT2D eigenvalue weighted by Crippen LogP contribution is -2.26. The molecule has 1 heterocycles. The van der Waals surface area contributed by atoms with Crippen LogP contribution in [0.3, 0.4) is 0 Å². The fourth-order valence-electron chi connectivity index (χ4n) is 1.90. The Morgan fingerprint density at radius 1 is 1.10 bits per heavy atom. The van der Waals surface area contributed by atoms with Gasteiger partial charge in [-0.3, -0.25) is 0 Å². The molecule has 0 fully saturated rings. The van der Waals surface area contributed by atoms with E-state index in [-0.39, 0.29) is 0 Å². The number of hydrogen-bond acceptors (Lipinski definition) is 7. The van der Waals surface area contributed by atoms with Gasteiger partial charge in [-0.1, -0.05) is 0 Å². The summed E-state index contributed by atoms with van der Waals surface area (Å²) in [5.41, 5.74) is 0. The SMILES string of the molecule is CCNc1nc(NC(C)CCSC)nc(N(CC)CC)n1. The molecule has 2 N–H and O–H groups in total. The van der Waals surface area contributed by atoms with E-state index in [0.29, 0.717) is 17.9 Å². The minimum absolute atomic E-state index is 0.346. The highest BCUT2D eigenvalue weighted by Gasteiger charge is 2.12. The minimum atomic E-state index is 0.346. The number of rotatable bonds is 10. The molecule has 7 heteroatoms. The first-order valence-electron chi connectivity index (χ1n) is 7.64. The standard InChI is InChI=1S/C14H28N6S/c1-6-15-12-17-13(16-11(4)9-10-21-5)19-14(18-12)20(7-2)8-3/h11H,6-10H2,1-5H3,(H2,15,16,17,18,19). The number of nitrogens with zero attached hydrogens (tertiary/aromatic N) is 4. The highest BCUT2D eigenvalue weighted by molar-refractivity contribution is 7.98. The molecule has 0 saturated heterocycles. The molecule has 1 aromatic heterocycles. The van der Waals surface area contributed by atoms with Crippen LogP contribution in [0.2, 0.25) is 0 Å². The zero-order chi connectivity index (χ0) is 15.7. The Morgan fingerprint density at radius 2 is 1.76 bits per heavy atom. The lowest BCUT2D eigenvalue weighted by Gasteiger charge is -2.20. The van der Waals surface area contributed by atoms with Crippen molar-refractivity contribution in [3.63, 3.8) is 0 Å². The van der Waals surface area contributed by atoms with Gasteiger partial charge in [-0.15, -0.1) is 0 Å². The van der Waals surface area contributed by atoms with Crippen LogP contribution >= 0.6 is 11.8 Å². The van der Waals surface area contributed by atoms with E-state index in [2.05, 4.69) is 57.5 Å². The molecule has 0 aliphatic heterocycles. The van der Waals surface area contributed by atoms with Crippen molar-refractivity contribution in [2.24, 2.45) is 0 Å². The summed E-state index contributed by atoms with van der Waals surface area (Å²) >= 11 is 1.85. The van der Waals surface area contributed by atoms with Gasteiger partial charge in [0.15, 0.2) is 0 Å². The van der Waals surface area contributed by atoms with Crippen LogP contribution in [0, 0.1) is 0 Å². The molecule has 0 aromatic carbocycles. The van der Waals surface area contributed by atoms with E-state index in [9.17, 15) is 0 Å². The van der Waals surface area contributed by atoms with Crippen LogP contribution in [0.5, 0.6) is 0 Å². The van der Waals surface area contributed by atoms with Crippen LogP contribution in [0.25, 0.3) is 0 Å². The van der Waals surface area contributed by atoms with E-state index in [1.165, 1.54) is 0 Å². The first-order valence-corrected chi connectivity index (χ1v) is 9.04. The molecule has 0 aliphatic carbocycles. The molecule has 120 valence electrons. The van der Waals surface area contributed by atoms with E-state index in [1.807, 2.05) is 18.7 Å².